The highest BCUT2D eigenvalue weighted by Crippen LogP contribution is 2.41. The summed E-state index contributed by atoms with van der Waals surface area (Å²) in [6.07, 6.45) is 4.98. The van der Waals surface area contributed by atoms with Crippen molar-refractivity contribution in [3.8, 4) is 16.9 Å². The normalized spacial score (nSPS) is 15.0. The first-order chi connectivity index (χ1) is 14.1. The van der Waals surface area contributed by atoms with Gasteiger partial charge in [-0.05, 0) is 38.0 Å². The maximum absolute atomic E-state index is 12.1. The molecule has 1 amide bonds. The number of fused-ring (bicyclic) bond motifs is 3. The van der Waals surface area contributed by atoms with Crippen molar-refractivity contribution in [3.05, 3.63) is 59.5 Å². The zero-order chi connectivity index (χ0) is 20.0. The molecule has 0 atom stereocenters. The average molecular weight is 386 g/mol. The summed E-state index contributed by atoms with van der Waals surface area (Å²) in [6.45, 7) is 5.36. The van der Waals surface area contributed by atoms with E-state index in [0.29, 0.717) is 13.0 Å². The first kappa shape index (κ1) is 17.7. The summed E-state index contributed by atoms with van der Waals surface area (Å²) in [5.41, 5.74) is 7.05. The number of anilines is 3. The van der Waals surface area contributed by atoms with Gasteiger partial charge in [-0.1, -0.05) is 18.2 Å². The second kappa shape index (κ2) is 6.88. The third-order valence-electron chi connectivity index (χ3n) is 5.65. The Morgan fingerprint density at radius 3 is 2.86 bits per heavy atom. The molecule has 1 aromatic carbocycles. The smallest absolute Gasteiger partial charge is 0.227 e. The summed E-state index contributed by atoms with van der Waals surface area (Å²) in [6, 6.07) is 10.0. The van der Waals surface area contributed by atoms with Crippen molar-refractivity contribution in [2.45, 2.75) is 33.3 Å². The van der Waals surface area contributed by atoms with Crippen molar-refractivity contribution in [1.82, 2.24) is 9.97 Å². The lowest BCUT2D eigenvalue weighted by atomic mass is 9.93. The van der Waals surface area contributed by atoms with E-state index in [0.717, 1.165) is 63.9 Å². The van der Waals surface area contributed by atoms with Gasteiger partial charge in [-0.3, -0.25) is 9.78 Å². The molecule has 2 aromatic heterocycles. The topological polar surface area (TPSA) is 67.4 Å². The fourth-order valence-corrected chi connectivity index (χ4v) is 4.17. The van der Waals surface area contributed by atoms with Crippen LogP contribution in [0.15, 0.2) is 42.7 Å². The Morgan fingerprint density at radius 1 is 1.17 bits per heavy atom. The third kappa shape index (κ3) is 3.01. The van der Waals surface area contributed by atoms with Crippen molar-refractivity contribution in [1.29, 1.82) is 0 Å². The van der Waals surface area contributed by atoms with Crippen molar-refractivity contribution in [2.75, 3.05) is 16.8 Å². The number of amides is 1. The number of carbonyl (C=O) groups excluding carboxylic acids is 1. The predicted octanol–water partition coefficient (Wildman–Crippen LogP) is 4.52. The van der Waals surface area contributed by atoms with E-state index in [1.807, 2.05) is 31.2 Å². The number of hydrogen-bond donors (Lipinski definition) is 1. The zero-order valence-corrected chi connectivity index (χ0v) is 16.5. The molecule has 1 N–H and O–H groups in total. The monoisotopic (exact) mass is 386 g/mol. The molecule has 6 heteroatoms. The van der Waals surface area contributed by atoms with E-state index in [4.69, 9.17) is 9.72 Å². The van der Waals surface area contributed by atoms with Crippen LogP contribution in [0.1, 0.15) is 29.7 Å². The number of nitrogens with zero attached hydrogens (tertiary/aromatic N) is 3. The van der Waals surface area contributed by atoms with Gasteiger partial charge in [0.2, 0.25) is 5.91 Å². The molecule has 1 fully saturated rings. The molecule has 2 aliphatic rings. The summed E-state index contributed by atoms with van der Waals surface area (Å²) in [5.74, 6) is 1.84. The standard InChI is InChI=1S/C23H22N4O2/c1-14-19-13-29-20-7-4-3-6-18(20)22(19)15(2)25-23(14)26-16-10-17(12-24-11-16)27-9-5-8-21(27)28/h3-4,6-7,10-12H,5,8-9,13H2,1-2H3,(H,25,26). The van der Waals surface area contributed by atoms with Gasteiger partial charge in [-0.2, -0.15) is 0 Å². The molecule has 3 aromatic rings. The fraction of sp³-hybridized carbons (Fsp3) is 0.261. The minimum Gasteiger partial charge on any atom is -0.488 e. The molecule has 4 heterocycles. The summed E-state index contributed by atoms with van der Waals surface area (Å²) >= 11 is 0. The number of benzene rings is 1. The number of pyridine rings is 2. The Bertz CT molecular complexity index is 1130. The molecule has 0 saturated carbocycles. The molecule has 0 unspecified atom stereocenters. The van der Waals surface area contributed by atoms with E-state index >= 15 is 0 Å². The molecule has 1 saturated heterocycles. The Morgan fingerprint density at radius 2 is 2.03 bits per heavy atom. The van der Waals surface area contributed by atoms with Crippen molar-refractivity contribution in [2.24, 2.45) is 0 Å². The highest BCUT2D eigenvalue weighted by molar-refractivity contribution is 5.95. The number of aryl methyl sites for hydroxylation is 1. The van der Waals surface area contributed by atoms with Crippen molar-refractivity contribution >= 4 is 23.1 Å². The highest BCUT2D eigenvalue weighted by atomic mass is 16.5. The van der Waals surface area contributed by atoms with Gasteiger partial charge in [-0.25, -0.2) is 4.98 Å². The number of para-hydroxylation sites is 1. The van der Waals surface area contributed by atoms with Crippen LogP contribution >= 0.6 is 0 Å². The van der Waals surface area contributed by atoms with E-state index in [-0.39, 0.29) is 5.91 Å². The van der Waals surface area contributed by atoms with Gasteiger partial charge in [0.05, 0.1) is 23.8 Å². The Balaban J connectivity index is 1.51. The lowest BCUT2D eigenvalue weighted by Gasteiger charge is -2.25. The number of rotatable bonds is 3. The van der Waals surface area contributed by atoms with Gasteiger partial charge < -0.3 is 15.0 Å². The Hall–Kier alpha value is -3.41. The van der Waals surface area contributed by atoms with Gasteiger partial charge >= 0.3 is 0 Å². The van der Waals surface area contributed by atoms with Crippen LogP contribution in [0.3, 0.4) is 0 Å². The summed E-state index contributed by atoms with van der Waals surface area (Å²) in [5, 5.41) is 3.40. The third-order valence-corrected chi connectivity index (χ3v) is 5.65. The quantitative estimate of drug-likeness (QED) is 0.717. The van der Waals surface area contributed by atoms with Crippen molar-refractivity contribution < 1.29 is 9.53 Å². The first-order valence-electron chi connectivity index (χ1n) is 9.86. The maximum atomic E-state index is 12.1. The summed E-state index contributed by atoms with van der Waals surface area (Å²) in [4.78, 5) is 23.0. The van der Waals surface area contributed by atoms with Gasteiger partial charge in [-0.15, -0.1) is 0 Å². The molecule has 0 spiro atoms. The largest absolute Gasteiger partial charge is 0.488 e. The van der Waals surface area contributed by atoms with Crippen LogP contribution in [0, 0.1) is 13.8 Å². The molecule has 5 rings (SSSR count). The van der Waals surface area contributed by atoms with E-state index in [2.05, 4.69) is 23.3 Å². The molecule has 29 heavy (non-hydrogen) atoms. The second-order valence-electron chi connectivity index (χ2n) is 7.51. The molecule has 6 nitrogen and oxygen atoms in total. The lowest BCUT2D eigenvalue weighted by Crippen LogP contribution is -2.23. The van der Waals surface area contributed by atoms with Crippen LogP contribution in [0.5, 0.6) is 5.75 Å². The minimum atomic E-state index is 0.152. The second-order valence-corrected chi connectivity index (χ2v) is 7.51. The van der Waals surface area contributed by atoms with Crippen LogP contribution in [0.25, 0.3) is 11.1 Å². The summed E-state index contributed by atoms with van der Waals surface area (Å²) < 4.78 is 5.98. The van der Waals surface area contributed by atoms with E-state index in [9.17, 15) is 4.79 Å². The Labute approximate surface area is 169 Å². The van der Waals surface area contributed by atoms with Crippen LogP contribution in [-0.2, 0) is 11.4 Å². The van der Waals surface area contributed by atoms with Crippen molar-refractivity contribution in [3.63, 3.8) is 0 Å². The van der Waals surface area contributed by atoms with Crippen LogP contribution < -0.4 is 15.0 Å². The summed E-state index contributed by atoms with van der Waals surface area (Å²) in [7, 11) is 0. The van der Waals surface area contributed by atoms with E-state index in [1.54, 1.807) is 17.3 Å². The molecule has 2 aliphatic heterocycles. The maximum Gasteiger partial charge on any atom is 0.227 e. The molecule has 0 aliphatic carbocycles. The number of nitrogens with one attached hydrogen (secondary N) is 1. The zero-order valence-electron chi connectivity index (χ0n) is 16.5. The average Bonchev–Trinajstić information content (AvgIpc) is 3.17. The van der Waals surface area contributed by atoms with Gasteiger partial charge in [0.1, 0.15) is 18.2 Å². The Kier molecular flexibility index (Phi) is 4.19. The van der Waals surface area contributed by atoms with E-state index < -0.39 is 0 Å². The fourth-order valence-electron chi connectivity index (χ4n) is 4.17. The van der Waals surface area contributed by atoms with Gasteiger partial charge in [0.15, 0.2) is 0 Å². The van der Waals surface area contributed by atoms with E-state index in [1.165, 1.54) is 0 Å². The molecule has 146 valence electrons. The highest BCUT2D eigenvalue weighted by Gasteiger charge is 2.24. The minimum absolute atomic E-state index is 0.152. The SMILES string of the molecule is Cc1nc(Nc2cncc(N3CCCC3=O)c2)c(C)c2c1-c1ccccc1OC2. The molecular weight excluding hydrogens is 364 g/mol. The number of carbonyl (C=O) groups is 1. The first-order valence-corrected chi connectivity index (χ1v) is 9.86. The molecular formula is C23H22N4O2. The van der Waals surface area contributed by atoms with Crippen LogP contribution in [0.2, 0.25) is 0 Å². The number of hydrogen-bond acceptors (Lipinski definition) is 5. The van der Waals surface area contributed by atoms with Crippen LogP contribution in [-0.4, -0.2) is 22.4 Å². The molecule has 0 radical (unpaired) electrons. The van der Waals surface area contributed by atoms with Gasteiger partial charge in [0.25, 0.3) is 0 Å². The predicted molar refractivity (Wildman–Crippen MR) is 113 cm³/mol. The lowest BCUT2D eigenvalue weighted by molar-refractivity contribution is -0.117. The molecule has 0 bridgehead atoms. The van der Waals surface area contributed by atoms with Gasteiger partial charge in [0, 0.05) is 35.3 Å². The number of aromatic nitrogens is 2. The number of ether oxygens (including phenoxy) is 1. The van der Waals surface area contributed by atoms with Crippen LogP contribution in [0.4, 0.5) is 17.2 Å².